The van der Waals surface area contributed by atoms with Crippen molar-refractivity contribution in [3.63, 3.8) is 0 Å². The summed E-state index contributed by atoms with van der Waals surface area (Å²) in [5.74, 6) is -0.0454. The number of hydrogen-bond acceptors (Lipinski definition) is 6. The Balaban J connectivity index is 0.00000106. The van der Waals surface area contributed by atoms with Crippen LogP contribution in [0.4, 0.5) is 5.69 Å². The normalized spacial score (nSPS) is 10.8. The van der Waals surface area contributed by atoms with Gasteiger partial charge in [0.1, 0.15) is 12.0 Å². The zero-order chi connectivity index (χ0) is 26.7. The van der Waals surface area contributed by atoms with Crippen LogP contribution in [0.1, 0.15) is 43.0 Å². The third-order valence-corrected chi connectivity index (χ3v) is 5.92. The van der Waals surface area contributed by atoms with Crippen molar-refractivity contribution in [3.8, 4) is 5.75 Å². The van der Waals surface area contributed by atoms with Crippen molar-refractivity contribution in [1.29, 1.82) is 5.41 Å². The number of hydrogen-bond donors (Lipinski definition) is 3. The van der Waals surface area contributed by atoms with Crippen molar-refractivity contribution in [2.45, 2.75) is 40.7 Å². The van der Waals surface area contributed by atoms with Crippen molar-refractivity contribution in [1.82, 2.24) is 0 Å². The molecule has 3 aromatic carbocycles. The molecule has 0 saturated heterocycles. The number of halogens is 1. The molecule has 0 unspecified atom stereocenters. The zero-order valence-corrected chi connectivity index (χ0v) is 22.5. The van der Waals surface area contributed by atoms with Crippen LogP contribution in [0, 0.1) is 19.3 Å². The standard InChI is InChI=1S/C26H27ClN2O2S.C2H4O2/c1-17(2)31-24-13-8-21(9-14-24)26(28)32-25(20-6-10-22(27)11-7-20)16-30-29-23-12-5-18(3)19(4)15-23;1-2(3)4/h5-17,28-29H,1-4H3;1H3,(H,3,4)/b25-16+,28-26?;. The summed E-state index contributed by atoms with van der Waals surface area (Å²) in [4.78, 5) is 15.5. The van der Waals surface area contributed by atoms with Crippen LogP contribution >= 0.6 is 23.4 Å². The predicted molar refractivity (Wildman–Crippen MR) is 150 cm³/mol. The minimum absolute atomic E-state index is 0.107. The summed E-state index contributed by atoms with van der Waals surface area (Å²) in [5, 5.41) is 17.1. The van der Waals surface area contributed by atoms with E-state index in [1.165, 1.54) is 22.9 Å². The lowest BCUT2D eigenvalue weighted by molar-refractivity contribution is -0.134. The topological polar surface area (TPSA) is 91.6 Å². The second-order valence-corrected chi connectivity index (χ2v) is 9.64. The second kappa shape index (κ2) is 14.2. The highest BCUT2D eigenvalue weighted by Gasteiger charge is 2.11. The molecule has 0 aliphatic rings. The number of ether oxygens (including phenoxy) is 1. The van der Waals surface area contributed by atoms with Crippen LogP contribution < -0.4 is 10.2 Å². The summed E-state index contributed by atoms with van der Waals surface area (Å²) in [5.41, 5.74) is 7.93. The Hall–Kier alpha value is -3.42. The molecule has 0 aromatic heterocycles. The van der Waals surface area contributed by atoms with E-state index in [4.69, 9.17) is 36.5 Å². The van der Waals surface area contributed by atoms with Crippen LogP contribution in [-0.4, -0.2) is 22.2 Å². The fourth-order valence-corrected chi connectivity index (χ4v) is 3.80. The maximum Gasteiger partial charge on any atom is 0.300 e. The largest absolute Gasteiger partial charge is 0.491 e. The van der Waals surface area contributed by atoms with E-state index < -0.39 is 5.97 Å². The third-order valence-electron chi connectivity index (χ3n) is 4.68. The third kappa shape index (κ3) is 10.1. The summed E-state index contributed by atoms with van der Waals surface area (Å²) >= 11 is 7.37. The van der Waals surface area contributed by atoms with Crippen molar-refractivity contribution in [3.05, 3.63) is 100 Å². The molecule has 0 radical (unpaired) electrons. The first-order valence-corrected chi connectivity index (χ1v) is 12.4. The molecule has 0 amide bonds. The Labute approximate surface area is 221 Å². The molecule has 8 heteroatoms. The van der Waals surface area contributed by atoms with Gasteiger partial charge in [-0.2, -0.15) is 0 Å². The first-order valence-electron chi connectivity index (χ1n) is 11.2. The molecule has 36 heavy (non-hydrogen) atoms. The van der Waals surface area contributed by atoms with Crippen molar-refractivity contribution < 1.29 is 19.5 Å². The van der Waals surface area contributed by atoms with Crippen LogP contribution in [0.5, 0.6) is 5.75 Å². The Morgan fingerprint density at radius 2 is 1.58 bits per heavy atom. The lowest BCUT2D eigenvalue weighted by Gasteiger charge is -2.12. The number of aryl methyl sites for hydroxylation is 2. The van der Waals surface area contributed by atoms with Crippen LogP contribution in [0.25, 0.3) is 4.91 Å². The maximum absolute atomic E-state index is 9.00. The number of nitrogens with one attached hydrogen (secondary N) is 2. The van der Waals surface area contributed by atoms with Gasteiger partial charge in [0.2, 0.25) is 0 Å². The highest BCUT2D eigenvalue weighted by molar-refractivity contribution is 8.22. The molecule has 3 N–H and O–H groups in total. The average molecular weight is 527 g/mol. The van der Waals surface area contributed by atoms with Gasteiger partial charge in [-0.05, 0) is 92.9 Å². The predicted octanol–water partition coefficient (Wildman–Crippen LogP) is 7.94. The highest BCUT2D eigenvalue weighted by Crippen LogP contribution is 2.32. The van der Waals surface area contributed by atoms with Gasteiger partial charge in [0, 0.05) is 17.5 Å². The molecule has 0 spiro atoms. The monoisotopic (exact) mass is 526 g/mol. The summed E-state index contributed by atoms with van der Waals surface area (Å²) in [7, 11) is 0. The molecule has 6 nitrogen and oxygen atoms in total. The Morgan fingerprint density at radius 1 is 1.00 bits per heavy atom. The van der Waals surface area contributed by atoms with E-state index in [9.17, 15) is 0 Å². The van der Waals surface area contributed by atoms with Crippen molar-refractivity contribution in [2.75, 3.05) is 5.48 Å². The molecule has 0 aliphatic carbocycles. The molecule has 0 fully saturated rings. The number of rotatable bonds is 8. The summed E-state index contributed by atoms with van der Waals surface area (Å²) in [6, 6.07) is 21.1. The number of anilines is 1. The van der Waals surface area contributed by atoms with Crippen LogP contribution in [0.2, 0.25) is 5.02 Å². The van der Waals surface area contributed by atoms with Crippen molar-refractivity contribution in [2.24, 2.45) is 0 Å². The number of benzene rings is 3. The van der Waals surface area contributed by atoms with Gasteiger partial charge in [-0.1, -0.05) is 41.6 Å². The lowest BCUT2D eigenvalue weighted by atomic mass is 10.1. The van der Waals surface area contributed by atoms with Gasteiger partial charge in [-0.3, -0.25) is 10.2 Å². The van der Waals surface area contributed by atoms with Gasteiger partial charge in [0.15, 0.2) is 0 Å². The van der Waals surface area contributed by atoms with E-state index in [1.807, 2.05) is 80.6 Å². The number of carbonyl (C=O) groups is 1. The Kier molecular flexibility index (Phi) is 11.4. The lowest BCUT2D eigenvalue weighted by Crippen LogP contribution is -2.05. The summed E-state index contributed by atoms with van der Waals surface area (Å²) in [6.45, 7) is 9.19. The molecule has 0 bridgehead atoms. The first kappa shape index (κ1) is 28.8. The number of thioether (sulfide) groups is 1. The van der Waals surface area contributed by atoms with Crippen LogP contribution in [0.15, 0.2) is 73.0 Å². The Bertz CT molecular complexity index is 1190. The van der Waals surface area contributed by atoms with Crippen molar-refractivity contribution >= 4 is 45.0 Å². The van der Waals surface area contributed by atoms with Gasteiger partial charge in [0.05, 0.1) is 21.7 Å². The van der Waals surface area contributed by atoms with E-state index in [0.717, 1.165) is 34.4 Å². The number of carboxylic acids is 1. The SMILES string of the molecule is CC(=O)O.Cc1ccc(NO/C=C(/SC(=N)c2ccc(OC(C)C)cc2)c2ccc(Cl)cc2)cc1C. The van der Waals surface area contributed by atoms with E-state index in [0.29, 0.717) is 10.1 Å². The van der Waals surface area contributed by atoms with E-state index in [1.54, 1.807) is 6.26 Å². The number of aliphatic carboxylic acids is 1. The maximum atomic E-state index is 9.00. The molecule has 0 atom stereocenters. The second-order valence-electron chi connectivity index (χ2n) is 8.15. The molecule has 3 aromatic rings. The molecular formula is C28H31ClN2O4S. The minimum Gasteiger partial charge on any atom is -0.491 e. The molecule has 0 aliphatic heterocycles. The fraction of sp³-hybridized carbons (Fsp3) is 0.214. The molecule has 0 heterocycles. The minimum atomic E-state index is -0.833. The van der Waals surface area contributed by atoms with Gasteiger partial charge in [-0.15, -0.1) is 0 Å². The molecule has 3 rings (SSSR count). The average Bonchev–Trinajstić information content (AvgIpc) is 2.81. The van der Waals surface area contributed by atoms with Crippen LogP contribution in [-0.2, 0) is 9.63 Å². The first-order chi connectivity index (χ1) is 17.0. The van der Waals surface area contributed by atoms with Gasteiger partial charge in [0.25, 0.3) is 5.97 Å². The van der Waals surface area contributed by atoms with E-state index in [2.05, 4.69) is 19.3 Å². The van der Waals surface area contributed by atoms with Crippen LogP contribution in [0.3, 0.4) is 0 Å². The number of carboxylic acid groups (broad SMARTS) is 1. The molecule has 190 valence electrons. The fourth-order valence-electron chi connectivity index (χ4n) is 2.85. The van der Waals surface area contributed by atoms with Gasteiger partial charge < -0.3 is 14.7 Å². The highest BCUT2D eigenvalue weighted by atomic mass is 35.5. The van der Waals surface area contributed by atoms with Gasteiger partial charge in [-0.25, -0.2) is 5.48 Å². The smallest absolute Gasteiger partial charge is 0.300 e. The van der Waals surface area contributed by atoms with E-state index in [-0.39, 0.29) is 6.10 Å². The summed E-state index contributed by atoms with van der Waals surface area (Å²) in [6.07, 6.45) is 1.73. The van der Waals surface area contributed by atoms with E-state index >= 15 is 0 Å². The summed E-state index contributed by atoms with van der Waals surface area (Å²) < 4.78 is 5.69. The zero-order valence-electron chi connectivity index (χ0n) is 21.0. The molecule has 0 saturated carbocycles. The Morgan fingerprint density at radius 3 is 2.14 bits per heavy atom. The molecular weight excluding hydrogens is 496 g/mol. The van der Waals surface area contributed by atoms with Gasteiger partial charge >= 0.3 is 0 Å². The quantitative estimate of drug-likeness (QED) is 0.119.